The zero-order valence-electron chi connectivity index (χ0n) is 14.0. The van der Waals surface area contributed by atoms with Crippen molar-refractivity contribution in [3.8, 4) is 17.2 Å². The topological polar surface area (TPSA) is 65.4 Å². The van der Waals surface area contributed by atoms with Gasteiger partial charge in [-0.2, -0.15) is 5.10 Å². The Morgan fingerprint density at radius 2 is 1.81 bits per heavy atom. The summed E-state index contributed by atoms with van der Waals surface area (Å²) in [5.41, 5.74) is 1.82. The second-order valence-corrected chi connectivity index (χ2v) is 5.87. The summed E-state index contributed by atoms with van der Waals surface area (Å²) in [6.45, 7) is 2.77. The molecule has 1 N–H and O–H groups in total. The number of carbonyl (C=O) groups is 1. The number of nitrogens with one attached hydrogen (secondary N) is 1. The largest absolute Gasteiger partial charge is 0.486 e. The van der Waals surface area contributed by atoms with E-state index in [1.54, 1.807) is 41.1 Å². The number of anilines is 1. The van der Waals surface area contributed by atoms with Gasteiger partial charge in [-0.3, -0.25) is 4.79 Å². The maximum Gasteiger partial charge on any atom is 0.256 e. The summed E-state index contributed by atoms with van der Waals surface area (Å²) < 4.78 is 25.7. The number of hydrogen-bond donors (Lipinski definition) is 1. The SMILES string of the molecule is Cc1cc(NC(=O)c2ccc3c(c2)OCCO3)n(-c2ccc(F)cc2)n1. The number of amides is 1. The lowest BCUT2D eigenvalue weighted by Crippen LogP contribution is -2.18. The molecule has 0 saturated heterocycles. The van der Waals surface area contributed by atoms with E-state index in [1.165, 1.54) is 12.1 Å². The molecule has 4 rings (SSSR count). The number of fused-ring (bicyclic) bond motifs is 1. The predicted molar refractivity (Wildman–Crippen MR) is 93.6 cm³/mol. The standard InChI is InChI=1S/C19H16FN3O3/c1-12-10-18(23(22-12)15-5-3-14(20)4-6-15)21-19(24)13-2-7-16-17(11-13)26-9-8-25-16/h2-7,10-11H,8-9H2,1H3,(H,21,24). The smallest absolute Gasteiger partial charge is 0.256 e. The highest BCUT2D eigenvalue weighted by atomic mass is 19.1. The molecule has 3 aromatic rings. The van der Waals surface area contributed by atoms with Gasteiger partial charge in [0.05, 0.1) is 11.4 Å². The average molecular weight is 353 g/mol. The Bertz CT molecular complexity index is 967. The maximum atomic E-state index is 13.2. The van der Waals surface area contributed by atoms with Crippen molar-refractivity contribution in [2.45, 2.75) is 6.92 Å². The van der Waals surface area contributed by atoms with Crippen molar-refractivity contribution >= 4 is 11.7 Å². The molecule has 1 aromatic heterocycles. The highest BCUT2D eigenvalue weighted by Crippen LogP contribution is 2.31. The zero-order chi connectivity index (χ0) is 18.1. The van der Waals surface area contributed by atoms with Crippen molar-refractivity contribution in [2.75, 3.05) is 18.5 Å². The zero-order valence-corrected chi connectivity index (χ0v) is 14.0. The Morgan fingerprint density at radius 1 is 1.08 bits per heavy atom. The fourth-order valence-electron chi connectivity index (χ4n) is 2.74. The summed E-state index contributed by atoms with van der Waals surface area (Å²) >= 11 is 0. The van der Waals surface area contributed by atoms with Crippen LogP contribution in [0.4, 0.5) is 10.2 Å². The van der Waals surface area contributed by atoms with Crippen molar-refractivity contribution in [3.05, 3.63) is 65.6 Å². The molecule has 0 radical (unpaired) electrons. The third kappa shape index (κ3) is 3.11. The molecule has 6 nitrogen and oxygen atoms in total. The molecular weight excluding hydrogens is 337 g/mol. The summed E-state index contributed by atoms with van der Waals surface area (Å²) in [6, 6.07) is 12.7. The fourth-order valence-corrected chi connectivity index (χ4v) is 2.74. The first kappa shape index (κ1) is 16.1. The van der Waals surface area contributed by atoms with E-state index in [2.05, 4.69) is 10.4 Å². The number of aromatic nitrogens is 2. The number of ether oxygens (including phenoxy) is 2. The quantitative estimate of drug-likeness (QED) is 0.784. The van der Waals surface area contributed by atoms with E-state index >= 15 is 0 Å². The Balaban J connectivity index is 1.61. The van der Waals surface area contributed by atoms with E-state index < -0.39 is 0 Å². The van der Waals surface area contributed by atoms with Crippen molar-refractivity contribution < 1.29 is 18.7 Å². The van der Waals surface area contributed by atoms with Gasteiger partial charge in [0.25, 0.3) is 5.91 Å². The molecule has 0 bridgehead atoms. The van der Waals surface area contributed by atoms with Crippen molar-refractivity contribution in [2.24, 2.45) is 0 Å². The van der Waals surface area contributed by atoms with E-state index in [0.29, 0.717) is 41.8 Å². The number of benzene rings is 2. The van der Waals surface area contributed by atoms with Crippen LogP contribution in [0.2, 0.25) is 0 Å². The summed E-state index contributed by atoms with van der Waals surface area (Å²) in [4.78, 5) is 12.6. The van der Waals surface area contributed by atoms with Gasteiger partial charge in [0, 0.05) is 11.6 Å². The van der Waals surface area contributed by atoms with Crippen LogP contribution >= 0.6 is 0 Å². The van der Waals surface area contributed by atoms with E-state index in [0.717, 1.165) is 5.69 Å². The summed E-state index contributed by atoms with van der Waals surface area (Å²) in [7, 11) is 0. The molecular formula is C19H16FN3O3. The maximum absolute atomic E-state index is 13.2. The first-order valence-corrected chi connectivity index (χ1v) is 8.14. The summed E-state index contributed by atoms with van der Waals surface area (Å²) in [5.74, 6) is 1.03. The number of rotatable bonds is 3. The first-order valence-electron chi connectivity index (χ1n) is 8.14. The van der Waals surface area contributed by atoms with Gasteiger partial charge in [0.15, 0.2) is 11.5 Å². The third-order valence-electron chi connectivity index (χ3n) is 3.95. The molecule has 0 saturated carbocycles. The second kappa shape index (κ2) is 6.51. The number of nitrogens with zero attached hydrogens (tertiary/aromatic N) is 2. The molecule has 1 aliphatic rings. The number of carbonyl (C=O) groups excluding carboxylic acids is 1. The van der Waals surface area contributed by atoms with Gasteiger partial charge in [-0.05, 0) is 49.4 Å². The van der Waals surface area contributed by atoms with Crippen LogP contribution in [0.15, 0.2) is 48.5 Å². The molecule has 2 heterocycles. The van der Waals surface area contributed by atoms with Crippen LogP contribution in [0.25, 0.3) is 5.69 Å². The molecule has 7 heteroatoms. The summed E-state index contributed by atoms with van der Waals surface area (Å²) in [6.07, 6.45) is 0. The minimum absolute atomic E-state index is 0.301. The number of hydrogen-bond acceptors (Lipinski definition) is 4. The van der Waals surface area contributed by atoms with Gasteiger partial charge >= 0.3 is 0 Å². The minimum Gasteiger partial charge on any atom is -0.486 e. The van der Waals surface area contributed by atoms with Gasteiger partial charge in [-0.15, -0.1) is 0 Å². The summed E-state index contributed by atoms with van der Waals surface area (Å²) in [5, 5.41) is 7.20. The Kier molecular flexibility index (Phi) is 4.04. The molecule has 1 aliphatic heterocycles. The van der Waals surface area contributed by atoms with Crippen LogP contribution < -0.4 is 14.8 Å². The minimum atomic E-state index is -0.334. The van der Waals surface area contributed by atoms with Crippen LogP contribution in [0, 0.1) is 12.7 Å². The van der Waals surface area contributed by atoms with Gasteiger partial charge in [0.1, 0.15) is 24.8 Å². The van der Waals surface area contributed by atoms with Crippen LogP contribution in [0.5, 0.6) is 11.5 Å². The lowest BCUT2D eigenvalue weighted by molar-refractivity contribution is 0.102. The third-order valence-corrected chi connectivity index (χ3v) is 3.95. The van der Waals surface area contributed by atoms with E-state index in [9.17, 15) is 9.18 Å². The van der Waals surface area contributed by atoms with Crippen LogP contribution in [0.1, 0.15) is 16.1 Å². The lowest BCUT2D eigenvalue weighted by atomic mass is 10.2. The molecule has 0 spiro atoms. The normalized spacial score (nSPS) is 12.7. The molecule has 0 aliphatic carbocycles. The van der Waals surface area contributed by atoms with Crippen LogP contribution in [0.3, 0.4) is 0 Å². The number of halogens is 1. The lowest BCUT2D eigenvalue weighted by Gasteiger charge is -2.18. The first-order chi connectivity index (χ1) is 12.6. The van der Waals surface area contributed by atoms with E-state index in [4.69, 9.17) is 9.47 Å². The van der Waals surface area contributed by atoms with Crippen LogP contribution in [-0.4, -0.2) is 28.9 Å². The predicted octanol–water partition coefficient (Wildman–Crippen LogP) is 3.34. The molecule has 0 fully saturated rings. The van der Waals surface area contributed by atoms with Gasteiger partial charge in [-0.25, -0.2) is 9.07 Å². The van der Waals surface area contributed by atoms with Gasteiger partial charge < -0.3 is 14.8 Å². The van der Waals surface area contributed by atoms with Gasteiger partial charge in [0.2, 0.25) is 0 Å². The van der Waals surface area contributed by atoms with E-state index in [1.807, 2.05) is 6.92 Å². The molecule has 0 atom stereocenters. The molecule has 2 aromatic carbocycles. The van der Waals surface area contributed by atoms with Crippen molar-refractivity contribution in [3.63, 3.8) is 0 Å². The van der Waals surface area contributed by atoms with Crippen LogP contribution in [-0.2, 0) is 0 Å². The van der Waals surface area contributed by atoms with Gasteiger partial charge in [-0.1, -0.05) is 0 Å². The molecule has 0 unspecified atom stereocenters. The van der Waals surface area contributed by atoms with Crippen molar-refractivity contribution in [1.29, 1.82) is 0 Å². The van der Waals surface area contributed by atoms with E-state index in [-0.39, 0.29) is 11.7 Å². The molecule has 26 heavy (non-hydrogen) atoms. The average Bonchev–Trinajstić information content (AvgIpc) is 3.02. The molecule has 1 amide bonds. The Labute approximate surface area is 149 Å². The highest BCUT2D eigenvalue weighted by Gasteiger charge is 2.17. The van der Waals surface area contributed by atoms with Crippen molar-refractivity contribution in [1.82, 2.24) is 9.78 Å². The Hall–Kier alpha value is -3.35. The number of aryl methyl sites for hydroxylation is 1. The molecule has 132 valence electrons. The second-order valence-electron chi connectivity index (χ2n) is 5.87. The monoisotopic (exact) mass is 353 g/mol. The Morgan fingerprint density at radius 3 is 2.58 bits per heavy atom. The fraction of sp³-hybridized carbons (Fsp3) is 0.158. The highest BCUT2D eigenvalue weighted by molar-refractivity contribution is 6.04.